The van der Waals surface area contributed by atoms with E-state index in [1.54, 1.807) is 36.4 Å². The normalized spacial score (nSPS) is 20.8. The molecule has 2 heterocycles. The van der Waals surface area contributed by atoms with Crippen LogP contribution in [0.1, 0.15) is 54.3 Å². The van der Waals surface area contributed by atoms with Gasteiger partial charge in [-0.05, 0) is 65.9 Å². The van der Waals surface area contributed by atoms with Crippen LogP contribution in [0.15, 0.2) is 60.7 Å². The highest BCUT2D eigenvalue weighted by Gasteiger charge is 2.28. The van der Waals surface area contributed by atoms with Gasteiger partial charge in [0.1, 0.15) is 17.7 Å². The van der Waals surface area contributed by atoms with Crippen LogP contribution in [0.5, 0.6) is 5.75 Å². The van der Waals surface area contributed by atoms with Gasteiger partial charge in [0.05, 0.1) is 25.7 Å². The van der Waals surface area contributed by atoms with E-state index in [4.69, 9.17) is 32.7 Å². The molecule has 0 saturated carbocycles. The molecular formula is C30H29Cl2FN2O4. The van der Waals surface area contributed by atoms with Crippen molar-refractivity contribution in [3.8, 4) is 5.75 Å². The molecule has 9 heteroatoms. The van der Waals surface area contributed by atoms with Crippen molar-refractivity contribution in [2.45, 2.75) is 50.2 Å². The van der Waals surface area contributed by atoms with Crippen molar-refractivity contribution in [1.82, 2.24) is 5.32 Å². The number of halogens is 3. The van der Waals surface area contributed by atoms with Crippen LogP contribution in [-0.4, -0.2) is 31.1 Å². The van der Waals surface area contributed by atoms with Gasteiger partial charge in [0.15, 0.2) is 0 Å². The Balaban J connectivity index is 1.51. The molecule has 1 fully saturated rings. The summed E-state index contributed by atoms with van der Waals surface area (Å²) in [4.78, 5) is 26.8. The molecular weight excluding hydrogens is 542 g/mol. The van der Waals surface area contributed by atoms with Crippen molar-refractivity contribution in [2.75, 3.05) is 18.5 Å². The van der Waals surface area contributed by atoms with Crippen molar-refractivity contribution < 1.29 is 23.5 Å². The molecule has 39 heavy (non-hydrogen) atoms. The second kappa shape index (κ2) is 12.4. The van der Waals surface area contributed by atoms with E-state index < -0.39 is 6.04 Å². The van der Waals surface area contributed by atoms with Crippen LogP contribution in [0, 0.1) is 5.82 Å². The molecule has 6 nitrogen and oxygen atoms in total. The molecule has 0 radical (unpaired) electrons. The minimum Gasteiger partial charge on any atom is -0.490 e. The van der Waals surface area contributed by atoms with Gasteiger partial charge in [-0.15, -0.1) is 0 Å². The Kier molecular flexibility index (Phi) is 8.70. The second-order valence-corrected chi connectivity index (χ2v) is 10.8. The molecule has 0 aliphatic carbocycles. The summed E-state index contributed by atoms with van der Waals surface area (Å²) in [5, 5.41) is 6.94. The number of anilines is 1. The fourth-order valence-electron chi connectivity index (χ4n) is 5.15. The Morgan fingerprint density at radius 1 is 0.872 bits per heavy atom. The number of benzene rings is 3. The number of hydrogen-bond donors (Lipinski definition) is 2. The molecule has 3 aromatic rings. The van der Waals surface area contributed by atoms with Gasteiger partial charge in [-0.3, -0.25) is 9.59 Å². The Hall–Kier alpha value is -3.13. The van der Waals surface area contributed by atoms with E-state index in [9.17, 15) is 14.0 Å². The van der Waals surface area contributed by atoms with Crippen LogP contribution < -0.4 is 15.4 Å². The fraction of sp³-hybridized carbons (Fsp3) is 0.333. The zero-order chi connectivity index (χ0) is 27.4. The van der Waals surface area contributed by atoms with Crippen LogP contribution in [0.2, 0.25) is 10.0 Å². The monoisotopic (exact) mass is 570 g/mol. The van der Waals surface area contributed by atoms with Gasteiger partial charge in [-0.1, -0.05) is 41.4 Å². The van der Waals surface area contributed by atoms with Crippen LogP contribution in [0.4, 0.5) is 10.1 Å². The van der Waals surface area contributed by atoms with Gasteiger partial charge in [0.25, 0.3) is 0 Å². The quantitative estimate of drug-likeness (QED) is 0.370. The van der Waals surface area contributed by atoms with Gasteiger partial charge >= 0.3 is 0 Å². The first kappa shape index (κ1) is 27.4. The number of ether oxygens (including phenoxy) is 2. The Bertz CT molecular complexity index is 1360. The molecule has 204 valence electrons. The number of amides is 2. The minimum atomic E-state index is -0.708. The van der Waals surface area contributed by atoms with Crippen LogP contribution in [-0.2, 0) is 20.7 Å². The number of carbonyl (C=O) groups is 2. The summed E-state index contributed by atoms with van der Waals surface area (Å²) < 4.78 is 25.9. The third kappa shape index (κ3) is 7.10. The minimum absolute atomic E-state index is 0.0442. The first-order chi connectivity index (χ1) is 18.8. The maximum atomic E-state index is 14.2. The summed E-state index contributed by atoms with van der Waals surface area (Å²) in [7, 11) is 0. The highest BCUT2D eigenvalue weighted by Crippen LogP contribution is 2.35. The lowest BCUT2D eigenvalue weighted by atomic mass is 9.88. The number of fused-ring (bicyclic) bond motifs is 1. The lowest BCUT2D eigenvalue weighted by Crippen LogP contribution is -2.33. The van der Waals surface area contributed by atoms with Crippen molar-refractivity contribution in [2.24, 2.45) is 0 Å². The van der Waals surface area contributed by atoms with Gasteiger partial charge in [-0.25, -0.2) is 4.39 Å². The molecule has 2 aliphatic rings. The highest BCUT2D eigenvalue weighted by atomic mass is 35.5. The maximum absolute atomic E-state index is 14.2. The fourth-order valence-corrected chi connectivity index (χ4v) is 5.50. The van der Waals surface area contributed by atoms with Gasteiger partial charge < -0.3 is 20.1 Å². The topological polar surface area (TPSA) is 76.7 Å². The highest BCUT2D eigenvalue weighted by molar-refractivity contribution is 6.31. The smallest absolute Gasteiger partial charge is 0.226 e. The van der Waals surface area contributed by atoms with E-state index in [0.717, 1.165) is 18.4 Å². The van der Waals surface area contributed by atoms with Crippen LogP contribution in [0.3, 0.4) is 0 Å². The predicted octanol–water partition coefficient (Wildman–Crippen LogP) is 6.61. The molecule has 0 spiro atoms. The van der Waals surface area contributed by atoms with Crippen molar-refractivity contribution in [1.29, 1.82) is 0 Å². The molecule has 2 amide bonds. The lowest BCUT2D eigenvalue weighted by Gasteiger charge is -2.27. The van der Waals surface area contributed by atoms with E-state index in [1.165, 1.54) is 12.1 Å². The van der Waals surface area contributed by atoms with Crippen LogP contribution in [0.25, 0.3) is 0 Å². The van der Waals surface area contributed by atoms with Gasteiger partial charge in [-0.2, -0.15) is 0 Å². The average Bonchev–Trinajstić information content (AvgIpc) is 2.92. The molecule has 2 atom stereocenters. The van der Waals surface area contributed by atoms with E-state index in [0.29, 0.717) is 52.2 Å². The first-order valence-electron chi connectivity index (χ1n) is 13.0. The molecule has 1 saturated heterocycles. The Labute approximate surface area is 236 Å². The molecule has 0 unspecified atom stereocenters. The summed E-state index contributed by atoms with van der Waals surface area (Å²) in [5.74, 6) is -0.724. The number of rotatable bonds is 4. The van der Waals surface area contributed by atoms with Crippen molar-refractivity contribution >= 4 is 40.7 Å². The van der Waals surface area contributed by atoms with Gasteiger partial charge in [0, 0.05) is 40.6 Å². The molecule has 0 aromatic heterocycles. The number of carbonyl (C=O) groups excluding carboxylic acids is 2. The first-order valence-corrected chi connectivity index (χ1v) is 13.8. The summed E-state index contributed by atoms with van der Waals surface area (Å²) in [5.41, 5.74) is 2.68. The molecule has 3 aromatic carbocycles. The maximum Gasteiger partial charge on any atom is 0.226 e. The number of hydrogen-bond acceptors (Lipinski definition) is 4. The molecule has 5 rings (SSSR count). The molecule has 2 N–H and O–H groups in total. The molecule has 0 bridgehead atoms. The van der Waals surface area contributed by atoms with E-state index in [2.05, 4.69) is 10.6 Å². The SMILES string of the molecule is O=C1C[C@@H](c2cc(Cl)ccc2OC2CCOCC2)NC(=O)C[C@@H](c2cccc(F)c2)Cc2ccc(Cl)cc2N1. The van der Waals surface area contributed by atoms with E-state index in [-0.39, 0.29) is 42.5 Å². The van der Waals surface area contributed by atoms with Crippen LogP contribution >= 0.6 is 23.2 Å². The summed E-state index contributed by atoms with van der Waals surface area (Å²) in [6.45, 7) is 1.22. The Morgan fingerprint density at radius 3 is 2.44 bits per heavy atom. The third-order valence-corrected chi connectivity index (χ3v) is 7.57. The van der Waals surface area contributed by atoms with Crippen molar-refractivity contribution in [3.05, 3.63) is 93.2 Å². The predicted molar refractivity (Wildman–Crippen MR) is 149 cm³/mol. The largest absolute Gasteiger partial charge is 0.490 e. The van der Waals surface area contributed by atoms with E-state index in [1.807, 2.05) is 12.1 Å². The Morgan fingerprint density at radius 2 is 1.64 bits per heavy atom. The standard InChI is InChI=1S/C30H29Cl2FN2O4/c31-21-6-7-28(39-24-8-10-38-11-9-24)25(15-21)27-17-30(37)34-26-16-22(32)5-4-19(26)12-20(14-29(36)35-27)18-2-1-3-23(33)13-18/h1-7,13,15-16,20,24,27H,8-12,14,17H2,(H,34,37)(H,35,36)/t20-,27-/m0/s1. The zero-order valence-corrected chi connectivity index (χ0v) is 22.7. The third-order valence-electron chi connectivity index (χ3n) is 7.10. The summed E-state index contributed by atoms with van der Waals surface area (Å²) in [6, 6.07) is 16.0. The summed E-state index contributed by atoms with van der Waals surface area (Å²) in [6.07, 6.45) is 1.89. The summed E-state index contributed by atoms with van der Waals surface area (Å²) >= 11 is 12.6. The second-order valence-electron chi connectivity index (χ2n) is 9.95. The van der Waals surface area contributed by atoms with E-state index >= 15 is 0 Å². The molecule has 2 aliphatic heterocycles. The lowest BCUT2D eigenvalue weighted by molar-refractivity contribution is -0.122. The average molecular weight is 571 g/mol. The van der Waals surface area contributed by atoms with Gasteiger partial charge in [0.2, 0.25) is 11.8 Å². The van der Waals surface area contributed by atoms with Crippen molar-refractivity contribution in [3.63, 3.8) is 0 Å². The number of nitrogens with one attached hydrogen (secondary N) is 2. The zero-order valence-electron chi connectivity index (χ0n) is 21.2.